The number of benzene rings is 3. The van der Waals surface area contributed by atoms with E-state index in [1.165, 1.54) is 68.3 Å². The number of nitrogens with zero attached hydrogens (tertiary/aromatic N) is 1. The number of methoxy groups -OCH3 is 2. The molecule has 13 nitrogen and oxygen atoms in total. The van der Waals surface area contributed by atoms with Gasteiger partial charge in [-0.15, -0.1) is 0 Å². The highest BCUT2D eigenvalue weighted by molar-refractivity contribution is 5.95. The molecule has 1 heterocycles. The first kappa shape index (κ1) is 36.0. The summed E-state index contributed by atoms with van der Waals surface area (Å²) in [6, 6.07) is 21.4. The van der Waals surface area contributed by atoms with E-state index in [-0.39, 0.29) is 22.6 Å². The minimum absolute atomic E-state index is 0.0485. The van der Waals surface area contributed by atoms with Crippen LogP contribution in [0.3, 0.4) is 0 Å². The van der Waals surface area contributed by atoms with Crippen molar-refractivity contribution in [1.29, 1.82) is 0 Å². The van der Waals surface area contributed by atoms with Crippen molar-refractivity contribution in [2.45, 2.75) is 44.6 Å². The zero-order chi connectivity index (χ0) is 34.6. The zero-order valence-electron chi connectivity index (χ0n) is 26.5. The van der Waals surface area contributed by atoms with Gasteiger partial charge in [0.05, 0.1) is 30.9 Å². The largest absolute Gasteiger partial charge is 0.497 e. The average molecular weight is 651 g/mol. The lowest BCUT2D eigenvalue weighted by Crippen LogP contribution is -2.46. The minimum atomic E-state index is -2.28. The number of likely N-dealkylation sites (tertiary alicyclic amines) is 1. The summed E-state index contributed by atoms with van der Waals surface area (Å²) in [5.41, 5.74) is 1.18. The number of amides is 1. The van der Waals surface area contributed by atoms with E-state index in [1.807, 2.05) is 6.07 Å². The Kier molecular flexibility index (Phi) is 12.9. The van der Waals surface area contributed by atoms with Crippen LogP contribution in [0, 0.1) is 0 Å². The molecule has 1 amide bonds. The Morgan fingerprint density at radius 1 is 0.766 bits per heavy atom. The fourth-order valence-corrected chi connectivity index (χ4v) is 4.86. The van der Waals surface area contributed by atoms with Crippen LogP contribution in [0.5, 0.6) is 11.5 Å². The molecule has 0 spiro atoms. The van der Waals surface area contributed by atoms with Crippen molar-refractivity contribution in [3.05, 3.63) is 95.6 Å². The summed E-state index contributed by atoms with van der Waals surface area (Å²) in [7, 11) is 2.84. The Hall–Kier alpha value is -5.43. The van der Waals surface area contributed by atoms with Gasteiger partial charge in [0.2, 0.25) is 18.1 Å². The molecule has 250 valence electrons. The Labute approximate surface area is 272 Å². The number of aliphatic carboxylic acids is 2. The van der Waals surface area contributed by atoms with E-state index in [0.29, 0.717) is 11.5 Å². The number of carboxylic acid groups (broad SMARTS) is 2. The van der Waals surface area contributed by atoms with E-state index in [4.69, 9.17) is 18.9 Å². The number of carbonyl (C=O) groups is 5. The lowest BCUT2D eigenvalue weighted by atomic mass is 10.0. The number of carbonyl (C=O) groups excluding carboxylic acids is 3. The summed E-state index contributed by atoms with van der Waals surface area (Å²) in [5.74, 6) is -4.88. The molecule has 0 aromatic heterocycles. The van der Waals surface area contributed by atoms with Crippen LogP contribution in [-0.4, -0.2) is 90.0 Å². The molecule has 3 atom stereocenters. The number of carboxylic acids is 2. The van der Waals surface area contributed by atoms with Crippen LogP contribution in [0.1, 0.15) is 46.5 Å². The molecule has 1 aliphatic rings. The summed E-state index contributed by atoms with van der Waals surface area (Å²) >= 11 is 0. The van der Waals surface area contributed by atoms with Crippen molar-refractivity contribution < 1.29 is 53.1 Å². The normalized spacial score (nSPS) is 16.8. The van der Waals surface area contributed by atoms with Gasteiger partial charge < -0.3 is 34.5 Å². The maximum Gasteiger partial charge on any atom is 0.349 e. The second-order valence-corrected chi connectivity index (χ2v) is 11.0. The molecule has 1 saturated heterocycles. The van der Waals surface area contributed by atoms with Crippen molar-refractivity contribution in [3.8, 4) is 11.5 Å². The first-order valence-electron chi connectivity index (χ1n) is 14.5. The van der Waals surface area contributed by atoms with Crippen LogP contribution in [0.2, 0.25) is 0 Å². The maximum absolute atomic E-state index is 12.2. The molecule has 0 bridgehead atoms. The first-order valence-corrected chi connectivity index (χ1v) is 14.5. The van der Waals surface area contributed by atoms with E-state index in [1.54, 1.807) is 6.92 Å². The number of hydrogen-bond donors (Lipinski definition) is 3. The highest BCUT2D eigenvalue weighted by atomic mass is 16.6. The third kappa shape index (κ3) is 10.9. The molecule has 13 heteroatoms. The molecule has 0 saturated carbocycles. The summed E-state index contributed by atoms with van der Waals surface area (Å²) in [5, 5.41) is 21.8. The van der Waals surface area contributed by atoms with E-state index >= 15 is 0 Å². The van der Waals surface area contributed by atoms with Crippen molar-refractivity contribution in [2.24, 2.45) is 0 Å². The summed E-state index contributed by atoms with van der Waals surface area (Å²) in [6.07, 6.45) is -3.53. The molecule has 3 aromatic rings. The maximum atomic E-state index is 12.2. The highest BCUT2D eigenvalue weighted by Gasteiger charge is 2.41. The van der Waals surface area contributed by atoms with E-state index in [0.717, 1.165) is 26.1 Å². The molecule has 0 radical (unpaired) electrons. The van der Waals surface area contributed by atoms with Crippen LogP contribution in [-0.2, 0) is 30.4 Å². The standard InChI is InChI=1S/C20H18O10.C14H20N2O/c1-27-13-7-3-11(4-8-13)19(25)29-15(17(21)22)16(18(23)24)30-20(26)12-5-9-14(28-2)10-6-12;1-12(17)15-14(2)8-9-16(11-14)10-13-6-4-3-5-7-13/h3-10,15-16H,1-2H3,(H,21,22)(H,23,24);3-7H,8-11H2,1-2H3,(H,15,17)/t15-,16-;14-/m01/s1. The van der Waals surface area contributed by atoms with Crippen LogP contribution in [0.25, 0.3) is 0 Å². The quantitative estimate of drug-likeness (QED) is 0.244. The van der Waals surface area contributed by atoms with Gasteiger partial charge in [-0.2, -0.15) is 0 Å². The molecule has 4 rings (SSSR count). The summed E-state index contributed by atoms with van der Waals surface area (Å²) < 4.78 is 19.5. The lowest BCUT2D eigenvalue weighted by molar-refractivity contribution is -0.166. The number of nitrogens with one attached hydrogen (secondary N) is 1. The molecule has 1 aliphatic heterocycles. The number of hydrogen-bond acceptors (Lipinski definition) is 10. The smallest absolute Gasteiger partial charge is 0.349 e. The second kappa shape index (κ2) is 16.8. The highest BCUT2D eigenvalue weighted by Crippen LogP contribution is 2.22. The second-order valence-electron chi connectivity index (χ2n) is 11.0. The lowest BCUT2D eigenvalue weighted by Gasteiger charge is -2.25. The molecule has 3 N–H and O–H groups in total. The van der Waals surface area contributed by atoms with Gasteiger partial charge in [0.25, 0.3) is 0 Å². The van der Waals surface area contributed by atoms with Gasteiger partial charge in [0.1, 0.15) is 11.5 Å². The predicted octanol–water partition coefficient (Wildman–Crippen LogP) is 3.41. The predicted molar refractivity (Wildman–Crippen MR) is 168 cm³/mol. The van der Waals surface area contributed by atoms with Crippen LogP contribution >= 0.6 is 0 Å². The van der Waals surface area contributed by atoms with Gasteiger partial charge >= 0.3 is 23.9 Å². The van der Waals surface area contributed by atoms with Crippen molar-refractivity contribution in [1.82, 2.24) is 10.2 Å². The van der Waals surface area contributed by atoms with Crippen molar-refractivity contribution in [3.63, 3.8) is 0 Å². The van der Waals surface area contributed by atoms with Gasteiger partial charge in [0, 0.05) is 26.6 Å². The van der Waals surface area contributed by atoms with Gasteiger partial charge in [-0.1, -0.05) is 30.3 Å². The average Bonchev–Trinajstić information content (AvgIpc) is 3.41. The van der Waals surface area contributed by atoms with E-state index in [9.17, 15) is 34.2 Å². The van der Waals surface area contributed by atoms with Crippen LogP contribution in [0.4, 0.5) is 0 Å². The monoisotopic (exact) mass is 650 g/mol. The Bertz CT molecular complexity index is 1450. The molecule has 0 unspecified atom stereocenters. The summed E-state index contributed by atoms with van der Waals surface area (Å²) in [4.78, 5) is 61.1. The molecule has 3 aromatic carbocycles. The number of esters is 2. The Morgan fingerprint density at radius 2 is 1.21 bits per heavy atom. The van der Waals surface area contributed by atoms with Crippen molar-refractivity contribution >= 4 is 29.8 Å². The Balaban J connectivity index is 0.000000297. The summed E-state index contributed by atoms with van der Waals surface area (Å²) in [6.45, 7) is 6.66. The minimum Gasteiger partial charge on any atom is -0.497 e. The van der Waals surface area contributed by atoms with Crippen LogP contribution in [0.15, 0.2) is 78.9 Å². The molecular weight excluding hydrogens is 612 g/mol. The fourth-order valence-electron chi connectivity index (χ4n) is 4.86. The van der Waals surface area contributed by atoms with Gasteiger partial charge in [0.15, 0.2) is 0 Å². The molecule has 47 heavy (non-hydrogen) atoms. The van der Waals surface area contributed by atoms with Crippen LogP contribution < -0.4 is 14.8 Å². The van der Waals surface area contributed by atoms with E-state index in [2.05, 4.69) is 41.4 Å². The van der Waals surface area contributed by atoms with Crippen molar-refractivity contribution in [2.75, 3.05) is 27.3 Å². The first-order chi connectivity index (χ1) is 22.3. The molecule has 0 aliphatic carbocycles. The van der Waals surface area contributed by atoms with Gasteiger partial charge in [-0.05, 0) is 67.4 Å². The SMILES string of the molecule is CC(=O)N[C@]1(C)CCN(Cc2ccccc2)C1.COc1ccc(C(=O)O[C@H](C(=O)O)[C@H](OC(=O)c2ccc(OC)cc2)C(=O)O)cc1. The molecular formula is C34H38N2O11. The van der Waals surface area contributed by atoms with E-state index < -0.39 is 36.1 Å². The fraction of sp³-hybridized carbons (Fsp3) is 0.324. The third-order valence-corrected chi connectivity index (χ3v) is 7.16. The zero-order valence-corrected chi connectivity index (χ0v) is 26.5. The molecule has 1 fully saturated rings. The Morgan fingerprint density at radius 3 is 1.60 bits per heavy atom. The number of ether oxygens (including phenoxy) is 4. The third-order valence-electron chi connectivity index (χ3n) is 7.16. The topological polar surface area (TPSA) is 178 Å². The van der Waals surface area contributed by atoms with Gasteiger partial charge in [-0.25, -0.2) is 19.2 Å². The number of rotatable bonds is 12. The van der Waals surface area contributed by atoms with Gasteiger partial charge in [-0.3, -0.25) is 9.69 Å².